The lowest BCUT2D eigenvalue weighted by molar-refractivity contribution is -0.143. The van der Waals surface area contributed by atoms with Gasteiger partial charge in [-0.25, -0.2) is 4.79 Å². The molecule has 0 aliphatic rings. The van der Waals surface area contributed by atoms with Crippen LogP contribution in [0.25, 0.3) is 0 Å². The maximum Gasteiger partial charge on any atom is 0.326 e. The number of carbonyl (C=O) groups excluding carboxylic acids is 1. The van der Waals surface area contributed by atoms with Gasteiger partial charge in [0.2, 0.25) is 5.91 Å². The number of carboxylic acids is 1. The first-order valence-electron chi connectivity index (χ1n) is 6.74. The molecular weight excluding hydrogens is 258 g/mol. The SMILES string of the molecule is CC[C@H](C)[C@H](NC(=O)CCOc1ccccc1)C(=O)O. The van der Waals surface area contributed by atoms with E-state index in [1.807, 2.05) is 25.1 Å². The van der Waals surface area contributed by atoms with Crippen molar-refractivity contribution in [3.05, 3.63) is 30.3 Å². The van der Waals surface area contributed by atoms with E-state index in [1.54, 1.807) is 19.1 Å². The molecule has 1 amide bonds. The van der Waals surface area contributed by atoms with Gasteiger partial charge in [0, 0.05) is 0 Å². The summed E-state index contributed by atoms with van der Waals surface area (Å²) in [7, 11) is 0. The molecule has 0 aromatic heterocycles. The lowest BCUT2D eigenvalue weighted by Crippen LogP contribution is -2.45. The molecule has 0 unspecified atom stereocenters. The maximum atomic E-state index is 11.7. The summed E-state index contributed by atoms with van der Waals surface area (Å²) in [6.45, 7) is 3.92. The molecule has 0 heterocycles. The number of ether oxygens (including phenoxy) is 1. The summed E-state index contributed by atoms with van der Waals surface area (Å²) in [5, 5.41) is 11.6. The summed E-state index contributed by atoms with van der Waals surface area (Å²) >= 11 is 0. The van der Waals surface area contributed by atoms with E-state index in [-0.39, 0.29) is 24.9 Å². The van der Waals surface area contributed by atoms with E-state index in [4.69, 9.17) is 9.84 Å². The average Bonchev–Trinajstić information content (AvgIpc) is 2.45. The second-order valence-electron chi connectivity index (χ2n) is 4.68. The van der Waals surface area contributed by atoms with Gasteiger partial charge >= 0.3 is 5.97 Å². The van der Waals surface area contributed by atoms with Gasteiger partial charge in [-0.2, -0.15) is 0 Å². The van der Waals surface area contributed by atoms with E-state index in [9.17, 15) is 9.59 Å². The molecule has 0 radical (unpaired) electrons. The van der Waals surface area contributed by atoms with Gasteiger partial charge < -0.3 is 15.2 Å². The van der Waals surface area contributed by atoms with E-state index >= 15 is 0 Å². The fourth-order valence-electron chi connectivity index (χ4n) is 1.71. The normalized spacial score (nSPS) is 13.3. The fraction of sp³-hybridized carbons (Fsp3) is 0.467. The highest BCUT2D eigenvalue weighted by Gasteiger charge is 2.24. The molecule has 1 rings (SSSR count). The summed E-state index contributed by atoms with van der Waals surface area (Å²) in [5.74, 6) is -0.728. The standard InChI is InChI=1S/C15H21NO4/c1-3-11(2)14(15(18)19)16-13(17)9-10-20-12-7-5-4-6-8-12/h4-8,11,14H,3,9-10H2,1-2H3,(H,16,17)(H,18,19)/t11-,14-/m0/s1. The number of benzene rings is 1. The van der Waals surface area contributed by atoms with Crippen molar-refractivity contribution < 1.29 is 19.4 Å². The van der Waals surface area contributed by atoms with Gasteiger partial charge in [-0.1, -0.05) is 38.5 Å². The number of hydrogen-bond donors (Lipinski definition) is 2. The lowest BCUT2D eigenvalue weighted by Gasteiger charge is -2.20. The molecule has 110 valence electrons. The van der Waals surface area contributed by atoms with Crippen LogP contribution in [0.2, 0.25) is 0 Å². The van der Waals surface area contributed by atoms with Gasteiger partial charge in [-0.3, -0.25) is 4.79 Å². The number of hydrogen-bond acceptors (Lipinski definition) is 3. The van der Waals surface area contributed by atoms with Crippen LogP contribution >= 0.6 is 0 Å². The molecule has 1 aromatic carbocycles. The van der Waals surface area contributed by atoms with Crippen LogP contribution in [0.15, 0.2) is 30.3 Å². The molecule has 2 atom stereocenters. The highest BCUT2D eigenvalue weighted by atomic mass is 16.5. The molecule has 0 saturated heterocycles. The van der Waals surface area contributed by atoms with Crippen LogP contribution in [-0.2, 0) is 9.59 Å². The van der Waals surface area contributed by atoms with Crippen molar-refractivity contribution in [2.24, 2.45) is 5.92 Å². The topological polar surface area (TPSA) is 75.6 Å². The zero-order chi connectivity index (χ0) is 15.0. The summed E-state index contributed by atoms with van der Waals surface area (Å²) in [6, 6.07) is 8.33. The molecule has 0 saturated carbocycles. The molecule has 0 bridgehead atoms. The number of carboxylic acid groups (broad SMARTS) is 1. The first-order chi connectivity index (χ1) is 9.54. The van der Waals surface area contributed by atoms with Crippen LogP contribution in [0.5, 0.6) is 5.75 Å². The molecule has 1 aromatic rings. The second kappa shape index (κ2) is 8.19. The number of nitrogens with one attached hydrogen (secondary N) is 1. The van der Waals surface area contributed by atoms with Gasteiger partial charge in [0.1, 0.15) is 11.8 Å². The van der Waals surface area contributed by atoms with E-state index in [1.165, 1.54) is 0 Å². The first-order valence-corrected chi connectivity index (χ1v) is 6.74. The Morgan fingerprint density at radius 1 is 1.30 bits per heavy atom. The van der Waals surface area contributed by atoms with E-state index < -0.39 is 12.0 Å². The zero-order valence-corrected chi connectivity index (χ0v) is 11.8. The van der Waals surface area contributed by atoms with Crippen LogP contribution in [0.4, 0.5) is 0 Å². The Kier molecular flexibility index (Phi) is 6.56. The molecule has 0 spiro atoms. The number of aliphatic carboxylic acids is 1. The van der Waals surface area contributed by atoms with Crippen molar-refractivity contribution in [2.75, 3.05) is 6.61 Å². The summed E-state index contributed by atoms with van der Waals surface area (Å²) in [5.41, 5.74) is 0. The molecule has 20 heavy (non-hydrogen) atoms. The molecule has 0 fully saturated rings. The smallest absolute Gasteiger partial charge is 0.326 e. The van der Waals surface area contributed by atoms with Crippen molar-refractivity contribution in [3.8, 4) is 5.75 Å². The van der Waals surface area contributed by atoms with Crippen molar-refractivity contribution in [1.82, 2.24) is 5.32 Å². The molecule has 5 nitrogen and oxygen atoms in total. The van der Waals surface area contributed by atoms with Crippen molar-refractivity contribution in [2.45, 2.75) is 32.7 Å². The van der Waals surface area contributed by atoms with Crippen LogP contribution in [0.1, 0.15) is 26.7 Å². The monoisotopic (exact) mass is 279 g/mol. The molecule has 0 aliphatic carbocycles. The third kappa shape index (κ3) is 5.30. The van der Waals surface area contributed by atoms with Gasteiger partial charge in [-0.05, 0) is 18.1 Å². The van der Waals surface area contributed by atoms with Crippen LogP contribution in [0, 0.1) is 5.92 Å². The highest BCUT2D eigenvalue weighted by Crippen LogP contribution is 2.10. The number of para-hydroxylation sites is 1. The van der Waals surface area contributed by atoms with Gasteiger partial charge in [0.15, 0.2) is 0 Å². The Morgan fingerprint density at radius 3 is 2.50 bits per heavy atom. The molecule has 5 heteroatoms. The van der Waals surface area contributed by atoms with Crippen molar-refractivity contribution >= 4 is 11.9 Å². The Morgan fingerprint density at radius 2 is 1.95 bits per heavy atom. The Balaban J connectivity index is 2.37. The predicted octanol–water partition coefficient (Wildman–Crippen LogP) is 2.07. The molecule has 0 aliphatic heterocycles. The minimum atomic E-state index is -1.00. The van der Waals surface area contributed by atoms with E-state index in [2.05, 4.69) is 5.32 Å². The number of carbonyl (C=O) groups is 2. The highest BCUT2D eigenvalue weighted by molar-refractivity contribution is 5.83. The maximum absolute atomic E-state index is 11.7. The second-order valence-corrected chi connectivity index (χ2v) is 4.68. The van der Waals surface area contributed by atoms with Gasteiger partial charge in [0.05, 0.1) is 13.0 Å². The fourth-order valence-corrected chi connectivity index (χ4v) is 1.71. The van der Waals surface area contributed by atoms with E-state index in [0.717, 1.165) is 0 Å². The largest absolute Gasteiger partial charge is 0.493 e. The lowest BCUT2D eigenvalue weighted by atomic mass is 9.99. The van der Waals surface area contributed by atoms with Crippen LogP contribution < -0.4 is 10.1 Å². The number of rotatable bonds is 8. The number of amides is 1. The quantitative estimate of drug-likeness (QED) is 0.764. The third-order valence-corrected chi connectivity index (χ3v) is 3.14. The summed E-state index contributed by atoms with van der Waals surface area (Å²) in [6.07, 6.45) is 0.826. The van der Waals surface area contributed by atoms with Gasteiger partial charge in [-0.15, -0.1) is 0 Å². The van der Waals surface area contributed by atoms with Crippen molar-refractivity contribution in [3.63, 3.8) is 0 Å². The molecular formula is C15H21NO4. The Bertz CT molecular complexity index is 433. The van der Waals surface area contributed by atoms with Gasteiger partial charge in [0.25, 0.3) is 0 Å². The van der Waals surface area contributed by atoms with Crippen molar-refractivity contribution in [1.29, 1.82) is 0 Å². The Hall–Kier alpha value is -2.04. The van der Waals surface area contributed by atoms with Crippen LogP contribution in [-0.4, -0.2) is 29.6 Å². The summed E-state index contributed by atoms with van der Waals surface area (Å²) in [4.78, 5) is 22.8. The molecule has 2 N–H and O–H groups in total. The average molecular weight is 279 g/mol. The summed E-state index contributed by atoms with van der Waals surface area (Å²) < 4.78 is 5.40. The minimum absolute atomic E-state index is 0.105. The Labute approximate surface area is 118 Å². The van der Waals surface area contributed by atoms with E-state index in [0.29, 0.717) is 12.2 Å². The first kappa shape index (κ1) is 16.0. The van der Waals surface area contributed by atoms with Crippen LogP contribution in [0.3, 0.4) is 0 Å². The minimum Gasteiger partial charge on any atom is -0.493 e. The predicted molar refractivity (Wildman–Crippen MR) is 75.6 cm³/mol. The third-order valence-electron chi connectivity index (χ3n) is 3.14. The zero-order valence-electron chi connectivity index (χ0n) is 11.8.